The Morgan fingerprint density at radius 2 is 1.44 bits per heavy atom. The number of likely N-dealkylation sites (tertiary alicyclic amines) is 1. The molecule has 0 saturated carbocycles. The number of anilines is 2. The summed E-state index contributed by atoms with van der Waals surface area (Å²) in [6.07, 6.45) is 7.47. The largest absolute Gasteiger partial charge is 0.501 e. The topological polar surface area (TPSA) is 269 Å². The number of hydrogen-bond donors (Lipinski definition) is 6. The lowest BCUT2D eigenvalue weighted by atomic mass is 9.71. The van der Waals surface area contributed by atoms with Gasteiger partial charge in [-0.05, 0) is 152 Å². The molecule has 3 fully saturated rings. The fraction of sp³-hybridized carbons (Fsp3) is 0.500. The Kier molecular flexibility index (Phi) is 29.1. The zero-order chi connectivity index (χ0) is 78.3. The van der Waals surface area contributed by atoms with E-state index in [4.69, 9.17) is 16.3 Å². The highest BCUT2D eigenvalue weighted by molar-refractivity contribution is 7.99. The van der Waals surface area contributed by atoms with Crippen LogP contribution in [0.2, 0.25) is 5.02 Å². The molecule has 590 valence electrons. The summed E-state index contributed by atoms with van der Waals surface area (Å²) in [5.74, 6) is -1.76. The van der Waals surface area contributed by atoms with Crippen molar-refractivity contribution in [1.82, 2.24) is 40.4 Å². The molecule has 21 nitrogen and oxygen atoms in total. The van der Waals surface area contributed by atoms with Gasteiger partial charge in [0.05, 0.1) is 52.0 Å². The number of carbonyl (C=O) groups is 5. The molecule has 4 heterocycles. The zero-order valence-corrected chi connectivity index (χ0v) is 66.8. The average molecular weight is 1600 g/mol. The van der Waals surface area contributed by atoms with E-state index in [-0.39, 0.29) is 54.1 Å². The number of carbonyl (C=O) groups excluding carboxylic acids is 5. The van der Waals surface area contributed by atoms with Crippen LogP contribution in [0.4, 0.5) is 24.5 Å². The second-order valence-electron chi connectivity index (χ2n) is 30.4. The predicted molar refractivity (Wildman–Crippen MR) is 423 cm³/mol. The van der Waals surface area contributed by atoms with Crippen LogP contribution in [0.3, 0.4) is 0 Å². The van der Waals surface area contributed by atoms with E-state index in [1.807, 2.05) is 112 Å². The number of alkyl halides is 3. The average Bonchev–Trinajstić information content (AvgIpc) is 1.25. The Hall–Kier alpha value is -7.41. The number of nitrogens with zero attached hydrogens (tertiary/aromatic N) is 5. The molecular weight excluding hydrogens is 1500 g/mol. The van der Waals surface area contributed by atoms with Crippen molar-refractivity contribution in [3.8, 4) is 10.4 Å². The van der Waals surface area contributed by atoms with Crippen LogP contribution in [0.25, 0.3) is 16.0 Å². The zero-order valence-electron chi connectivity index (χ0n) is 62.8. The summed E-state index contributed by atoms with van der Waals surface area (Å²) in [5.41, 5.74) is 1.98. The van der Waals surface area contributed by atoms with Gasteiger partial charge >= 0.3 is 5.51 Å². The normalized spacial score (nSPS) is 19.3. The van der Waals surface area contributed by atoms with Gasteiger partial charge < -0.3 is 40.9 Å². The van der Waals surface area contributed by atoms with Crippen LogP contribution < -0.4 is 30.9 Å². The number of morpholine rings is 1. The van der Waals surface area contributed by atoms with Gasteiger partial charge in [-0.25, -0.2) is 26.5 Å². The minimum absolute atomic E-state index is 0.00295. The number of amides is 5. The smallest absolute Gasteiger partial charge is 0.391 e. The first-order chi connectivity index (χ1) is 51.8. The molecule has 0 radical (unpaired) electrons. The molecule has 1 aromatic heterocycles. The predicted octanol–water partition coefficient (Wildman–Crippen LogP) is 12.9. The van der Waals surface area contributed by atoms with Gasteiger partial charge in [-0.2, -0.15) is 13.2 Å². The number of rotatable bonds is 33. The minimum atomic E-state index is -6.11. The maximum Gasteiger partial charge on any atom is 0.501 e. The summed E-state index contributed by atoms with van der Waals surface area (Å²) in [7, 11) is -11.0. The van der Waals surface area contributed by atoms with E-state index in [1.165, 1.54) is 39.9 Å². The third-order valence-electron chi connectivity index (χ3n) is 20.9. The van der Waals surface area contributed by atoms with E-state index >= 15 is 0 Å². The molecule has 109 heavy (non-hydrogen) atoms. The molecule has 3 aliphatic heterocycles. The number of allylic oxidation sites excluding steroid dienone is 1. The number of thiazole rings is 1. The molecule has 0 spiro atoms. The van der Waals surface area contributed by atoms with E-state index < -0.39 is 82.3 Å². The summed E-state index contributed by atoms with van der Waals surface area (Å²) >= 11 is 9.36. The van der Waals surface area contributed by atoms with Gasteiger partial charge in [0.15, 0.2) is 0 Å². The second kappa shape index (κ2) is 37.7. The molecule has 5 amide bonds. The maximum absolute atomic E-state index is 14.4. The Labute approximate surface area is 652 Å². The molecule has 6 aromatic rings. The molecule has 4 aliphatic rings. The third-order valence-corrected chi connectivity index (χ3v) is 26.1. The number of β-amino-alcohol motifs (C(OH)–C–C–N with tert-alkyl or cyclic N) is 1. The van der Waals surface area contributed by atoms with Crippen molar-refractivity contribution in [3.05, 3.63) is 160 Å². The first-order valence-electron chi connectivity index (χ1n) is 37.5. The van der Waals surface area contributed by atoms with E-state index in [2.05, 4.69) is 60.0 Å². The third kappa shape index (κ3) is 23.1. The first kappa shape index (κ1) is 84.0. The molecule has 6 atom stereocenters. The van der Waals surface area contributed by atoms with Crippen LogP contribution in [-0.2, 0) is 43.8 Å². The number of ether oxygens (including phenoxy) is 1. The van der Waals surface area contributed by atoms with Crippen molar-refractivity contribution in [2.45, 2.75) is 175 Å². The summed E-state index contributed by atoms with van der Waals surface area (Å²) in [5, 5.41) is 23.7. The monoisotopic (exact) mass is 1600 g/mol. The SMILES string of the molecule is Cc1ncsc1-c1ccc([C@H](C)NC(=O)[C@@H]2C[C@H](O)CN2C(=O)[C@@H](NC(=O)CCCCCCCCC(=O)NC[C@]2(C)CCC(c3ccc(Cl)cc3)=C(CN3CCN(c4ccc(C(=O)NS(=O)(=O)c5ccc(N[C@H](CCN6CCOCC6)CSc6ccccc6)c(S(=O)(=O)C(F)(F)F)c5)cc4)CC3)C2)C(C)(C)C)cc1. The molecule has 3 saturated heterocycles. The summed E-state index contributed by atoms with van der Waals surface area (Å²) in [4.78, 5) is 80.8. The summed E-state index contributed by atoms with van der Waals surface area (Å²) in [6.45, 7) is 18.4. The number of aromatic nitrogens is 1. The number of aliphatic hydroxyl groups excluding tert-OH is 1. The van der Waals surface area contributed by atoms with Crippen LogP contribution in [0, 0.1) is 17.8 Å². The number of aryl methyl sites for hydroxylation is 1. The molecule has 0 bridgehead atoms. The Balaban J connectivity index is 0.658. The molecule has 5 aromatic carbocycles. The van der Waals surface area contributed by atoms with Gasteiger partial charge in [0.1, 0.15) is 17.0 Å². The second-order valence-corrected chi connectivity index (χ2v) is 36.4. The summed E-state index contributed by atoms with van der Waals surface area (Å²) in [6, 6.07) is 31.1. The van der Waals surface area contributed by atoms with E-state index in [1.54, 1.807) is 23.5 Å². The fourth-order valence-electron chi connectivity index (χ4n) is 14.5. The van der Waals surface area contributed by atoms with E-state index in [0.717, 1.165) is 101 Å². The van der Waals surface area contributed by atoms with Crippen molar-refractivity contribution in [1.29, 1.82) is 0 Å². The van der Waals surface area contributed by atoms with Crippen LogP contribution in [0.5, 0.6) is 0 Å². The van der Waals surface area contributed by atoms with Gasteiger partial charge in [0.25, 0.3) is 25.8 Å². The lowest BCUT2D eigenvalue weighted by Crippen LogP contribution is -2.57. The van der Waals surface area contributed by atoms with Crippen LogP contribution in [0.1, 0.15) is 151 Å². The standard InChI is InChI=1S/C80H102ClF3N10O11S4/c1-54(56-20-22-58(23-21-56)73-55(2)86-53-107-73)87-76(99)69-46-64(95)50-94(69)77(100)74(78(3,4)5)89-72(97)19-15-10-8-7-9-14-18-71(96)85-52-79(6)36-34-67(57-24-28-61(81)29-25-57)60(48-79)49-92-38-40-93(41-39-92)63-30-26-59(27-31-63)75(98)90-109(103,104)66-32-33-68(70(47-66)108(101,102)80(82,83)84)88-62(35-37-91-42-44-105-45-43-91)51-106-65-16-12-11-13-17-65/h11-13,16-17,20-33,47,53-54,62,64,69,74,88,95H,7-10,14-15,18-19,34-46,48-52H2,1-6H3,(H,85,96)(H,87,99)(H,89,97)(H,90,98)/t54-,62+,64-,69-,74+,79+/m0/s1. The Morgan fingerprint density at radius 1 is 0.789 bits per heavy atom. The highest BCUT2D eigenvalue weighted by Gasteiger charge is 2.49. The van der Waals surface area contributed by atoms with Gasteiger partial charge in [-0.3, -0.25) is 33.8 Å². The van der Waals surface area contributed by atoms with Gasteiger partial charge in [0, 0.05) is 118 Å². The molecule has 10 rings (SSSR count). The maximum atomic E-state index is 14.4. The molecule has 6 N–H and O–H groups in total. The van der Waals surface area contributed by atoms with Crippen LogP contribution in [-0.4, -0.2) is 185 Å². The number of benzene rings is 5. The van der Waals surface area contributed by atoms with Crippen molar-refractivity contribution in [3.63, 3.8) is 0 Å². The molecule has 0 unspecified atom stereocenters. The summed E-state index contributed by atoms with van der Waals surface area (Å²) < 4.78 is 105. The van der Waals surface area contributed by atoms with Gasteiger partial charge in [-0.15, -0.1) is 23.1 Å². The Morgan fingerprint density at radius 3 is 2.08 bits per heavy atom. The Bertz CT molecular complexity index is 4370. The highest BCUT2D eigenvalue weighted by Crippen LogP contribution is 2.44. The van der Waals surface area contributed by atoms with E-state index in [9.17, 15) is 59.1 Å². The lowest BCUT2D eigenvalue weighted by molar-refractivity contribution is -0.144. The quantitative estimate of drug-likeness (QED) is 0.0165. The number of sulfonamides is 1. The number of aliphatic hydroxyl groups is 1. The first-order valence-corrected chi connectivity index (χ1v) is 42.7. The number of sulfone groups is 1. The number of halogens is 4. The van der Waals surface area contributed by atoms with E-state index in [0.29, 0.717) is 108 Å². The van der Waals surface area contributed by atoms with Crippen LogP contribution in [0.15, 0.2) is 147 Å². The minimum Gasteiger partial charge on any atom is -0.391 e. The number of piperazine rings is 1. The van der Waals surface area contributed by atoms with Crippen LogP contribution >= 0.6 is 34.7 Å². The number of thioether (sulfide) groups is 1. The molecule has 29 heteroatoms. The molecule has 1 aliphatic carbocycles. The number of nitrogens with one attached hydrogen (secondary N) is 5. The van der Waals surface area contributed by atoms with Crippen molar-refractivity contribution in [2.75, 3.05) is 94.6 Å². The lowest BCUT2D eigenvalue weighted by Gasteiger charge is -2.41. The number of unbranched alkanes of at least 4 members (excludes halogenated alkanes) is 5. The van der Waals surface area contributed by atoms with Crippen molar-refractivity contribution in [2.24, 2.45) is 10.8 Å². The molecular formula is C80H102ClF3N10O11S4. The van der Waals surface area contributed by atoms with Crippen molar-refractivity contribution < 1.29 is 63.8 Å². The highest BCUT2D eigenvalue weighted by atomic mass is 35.5. The van der Waals surface area contributed by atoms with Crippen molar-refractivity contribution >= 4 is 101 Å². The van der Waals surface area contributed by atoms with Gasteiger partial charge in [0.2, 0.25) is 23.6 Å². The number of hydrogen-bond acceptors (Lipinski definition) is 18. The van der Waals surface area contributed by atoms with Gasteiger partial charge in [-0.1, -0.05) is 125 Å². The fourth-order valence-corrected chi connectivity index (χ4v) is 18.4.